The van der Waals surface area contributed by atoms with E-state index in [1.54, 1.807) is 37.7 Å². The molecule has 0 aliphatic heterocycles. The third kappa shape index (κ3) is 9.92. The number of hydrogen-bond acceptors (Lipinski definition) is 4. The number of unbranched alkanes of at least 4 members (excludes halogenated alkanes) is 2. The smallest absolute Gasteiger partial charge is 0.118 e. The van der Waals surface area contributed by atoms with Crippen molar-refractivity contribution < 1.29 is 9.47 Å². The lowest BCUT2D eigenvalue weighted by Gasteiger charge is -2.17. The lowest BCUT2D eigenvalue weighted by molar-refractivity contribution is 0.193. The van der Waals surface area contributed by atoms with Gasteiger partial charge in [0.25, 0.3) is 0 Å². The molecule has 0 spiro atoms. The van der Waals surface area contributed by atoms with Crippen LogP contribution in [-0.2, 0) is 4.74 Å². The summed E-state index contributed by atoms with van der Waals surface area (Å²) in [5.74, 6) is 15.0. The van der Waals surface area contributed by atoms with Gasteiger partial charge >= 0.3 is 0 Å². The highest BCUT2D eigenvalue weighted by Gasteiger charge is 2.17. The van der Waals surface area contributed by atoms with Crippen molar-refractivity contribution in [2.24, 2.45) is 0 Å². The molecule has 3 aromatic carbocycles. The fourth-order valence-corrected chi connectivity index (χ4v) is 5.14. The van der Waals surface area contributed by atoms with E-state index in [1.807, 2.05) is 30.3 Å². The molecule has 3 rings (SSSR count). The molecule has 1 unspecified atom stereocenters. The molecule has 0 heterocycles. The monoisotopic (exact) mass is 512 g/mol. The van der Waals surface area contributed by atoms with E-state index in [4.69, 9.17) is 9.47 Å². The Hall–Kier alpha value is -3.02. The Morgan fingerprint density at radius 2 is 1.53 bits per heavy atom. The Kier molecular flexibility index (Phi) is 12.7. The highest BCUT2D eigenvalue weighted by Crippen LogP contribution is 2.40. The maximum Gasteiger partial charge on any atom is 0.118 e. The molecular weight excluding hydrogens is 480 g/mol. The number of allylic oxidation sites excluding steroid dienone is 1. The molecule has 36 heavy (non-hydrogen) atoms. The van der Waals surface area contributed by atoms with Crippen molar-refractivity contribution in [3.63, 3.8) is 0 Å². The molecule has 184 valence electrons. The highest BCUT2D eigenvalue weighted by atomic mass is 32.2. The van der Waals surface area contributed by atoms with Crippen LogP contribution in [0, 0.1) is 23.7 Å². The van der Waals surface area contributed by atoms with Gasteiger partial charge < -0.3 is 9.47 Å². The van der Waals surface area contributed by atoms with Gasteiger partial charge in [0.1, 0.15) is 5.75 Å². The summed E-state index contributed by atoms with van der Waals surface area (Å²) in [7, 11) is 3.43. The van der Waals surface area contributed by atoms with Crippen molar-refractivity contribution >= 4 is 23.5 Å². The summed E-state index contributed by atoms with van der Waals surface area (Å²) < 4.78 is 10.5. The van der Waals surface area contributed by atoms with Crippen molar-refractivity contribution in [1.29, 1.82) is 0 Å². The molecule has 0 aliphatic rings. The second kappa shape index (κ2) is 16.6. The third-order valence-corrected chi connectivity index (χ3v) is 7.42. The van der Waals surface area contributed by atoms with E-state index in [0.717, 1.165) is 42.9 Å². The molecule has 0 bridgehead atoms. The normalized spacial score (nSPS) is 11.6. The molecule has 0 saturated carbocycles. The standard InChI is InChI=1S/C32H32O2S2/c1-33-25-13-4-3-7-15-27(16-12-14-26-35-30-17-8-5-9-18-30)32(36-31-19-10-6-11-20-31)28-21-23-29(34-2)24-22-28/h5-6,8-11,16-24,32H,3-4,13,25-26H2,1-2H3/b27-16+. The number of rotatable bonds is 11. The average molecular weight is 513 g/mol. The van der Waals surface area contributed by atoms with Crippen molar-refractivity contribution in [2.75, 3.05) is 26.6 Å². The SMILES string of the molecule is COCCCCC#C/C(=C\C#CCSc1ccccc1)C(Sc1ccccc1)c1ccc(OC)cc1. The zero-order valence-electron chi connectivity index (χ0n) is 20.9. The molecule has 1 atom stereocenters. The summed E-state index contributed by atoms with van der Waals surface area (Å²) in [5.41, 5.74) is 2.18. The van der Waals surface area contributed by atoms with Crippen LogP contribution in [-0.4, -0.2) is 26.6 Å². The molecule has 3 aromatic rings. The van der Waals surface area contributed by atoms with Gasteiger partial charge in [0, 0.05) is 41.6 Å². The first kappa shape index (κ1) is 27.6. The summed E-state index contributed by atoms with van der Waals surface area (Å²) in [4.78, 5) is 2.42. The van der Waals surface area contributed by atoms with Crippen LogP contribution in [0.15, 0.2) is 106 Å². The maximum absolute atomic E-state index is 5.38. The van der Waals surface area contributed by atoms with Gasteiger partial charge in [0.15, 0.2) is 0 Å². The fraction of sp³-hybridized carbons (Fsp3) is 0.250. The van der Waals surface area contributed by atoms with E-state index in [0.29, 0.717) is 0 Å². The van der Waals surface area contributed by atoms with Crippen LogP contribution in [0.4, 0.5) is 0 Å². The second-order valence-electron chi connectivity index (χ2n) is 7.86. The van der Waals surface area contributed by atoms with Crippen LogP contribution >= 0.6 is 23.5 Å². The summed E-state index contributed by atoms with van der Waals surface area (Å²) >= 11 is 3.53. The minimum Gasteiger partial charge on any atom is -0.497 e. The number of methoxy groups -OCH3 is 2. The predicted molar refractivity (Wildman–Crippen MR) is 155 cm³/mol. The summed E-state index contributed by atoms with van der Waals surface area (Å²) in [6.45, 7) is 0.771. The van der Waals surface area contributed by atoms with Crippen molar-refractivity contribution in [1.82, 2.24) is 0 Å². The van der Waals surface area contributed by atoms with Crippen LogP contribution in [0.25, 0.3) is 0 Å². The number of ether oxygens (including phenoxy) is 2. The Morgan fingerprint density at radius 1 is 0.833 bits per heavy atom. The molecule has 0 amide bonds. The predicted octanol–water partition coefficient (Wildman–Crippen LogP) is 8.07. The van der Waals surface area contributed by atoms with E-state index >= 15 is 0 Å². The van der Waals surface area contributed by atoms with E-state index < -0.39 is 0 Å². The third-order valence-electron chi connectivity index (χ3n) is 5.22. The largest absolute Gasteiger partial charge is 0.497 e. The van der Waals surface area contributed by atoms with Gasteiger partial charge in [-0.15, -0.1) is 23.5 Å². The molecule has 0 saturated heterocycles. The fourth-order valence-electron chi connectivity index (χ4n) is 3.33. The first-order chi connectivity index (χ1) is 17.8. The quantitative estimate of drug-likeness (QED) is 0.147. The lowest BCUT2D eigenvalue weighted by Crippen LogP contribution is -1.98. The minimum atomic E-state index is 0.0286. The highest BCUT2D eigenvalue weighted by molar-refractivity contribution is 8.00. The molecule has 0 aliphatic carbocycles. The Labute approximate surface area is 224 Å². The van der Waals surface area contributed by atoms with Crippen LogP contribution in [0.2, 0.25) is 0 Å². The number of benzene rings is 3. The first-order valence-corrected chi connectivity index (χ1v) is 13.9. The molecule has 0 fully saturated rings. The van der Waals surface area contributed by atoms with Crippen LogP contribution in [0.3, 0.4) is 0 Å². The molecule has 0 radical (unpaired) electrons. The van der Waals surface area contributed by atoms with Crippen molar-refractivity contribution in [2.45, 2.75) is 34.3 Å². The summed E-state index contributed by atoms with van der Waals surface area (Å²) in [6, 6.07) is 29.1. The Balaban J connectivity index is 1.86. The molecule has 2 nitrogen and oxygen atoms in total. The van der Waals surface area contributed by atoms with Gasteiger partial charge in [0.05, 0.1) is 18.1 Å². The molecular formula is C32H32O2S2. The van der Waals surface area contributed by atoms with Gasteiger partial charge in [-0.05, 0) is 54.8 Å². The zero-order chi connectivity index (χ0) is 25.3. The number of hydrogen-bond donors (Lipinski definition) is 0. The molecule has 0 aromatic heterocycles. The van der Waals surface area contributed by atoms with Gasteiger partial charge in [-0.1, -0.05) is 72.2 Å². The van der Waals surface area contributed by atoms with Crippen LogP contribution < -0.4 is 4.74 Å². The average Bonchev–Trinajstić information content (AvgIpc) is 2.93. The Morgan fingerprint density at radius 3 is 2.19 bits per heavy atom. The van der Waals surface area contributed by atoms with Crippen LogP contribution in [0.5, 0.6) is 5.75 Å². The molecule has 0 N–H and O–H groups in total. The minimum absolute atomic E-state index is 0.0286. The van der Waals surface area contributed by atoms with Gasteiger partial charge in [-0.25, -0.2) is 0 Å². The topological polar surface area (TPSA) is 18.5 Å². The lowest BCUT2D eigenvalue weighted by atomic mass is 10.0. The van der Waals surface area contributed by atoms with Crippen molar-refractivity contribution in [3.05, 3.63) is 102 Å². The maximum atomic E-state index is 5.38. The molecule has 4 heteroatoms. The van der Waals surface area contributed by atoms with Crippen LogP contribution in [0.1, 0.15) is 30.1 Å². The van der Waals surface area contributed by atoms with Crippen molar-refractivity contribution in [3.8, 4) is 29.4 Å². The summed E-state index contributed by atoms with van der Waals surface area (Å²) in [6.07, 6.45) is 4.87. The summed E-state index contributed by atoms with van der Waals surface area (Å²) in [5, 5.41) is 0.0286. The van der Waals surface area contributed by atoms with Gasteiger partial charge in [0.2, 0.25) is 0 Å². The second-order valence-corrected chi connectivity index (χ2v) is 10.1. The Bertz CT molecular complexity index is 1180. The zero-order valence-corrected chi connectivity index (χ0v) is 22.5. The van der Waals surface area contributed by atoms with E-state index in [2.05, 4.69) is 84.3 Å². The first-order valence-electron chi connectivity index (χ1n) is 12.0. The van der Waals surface area contributed by atoms with Gasteiger partial charge in [-0.2, -0.15) is 0 Å². The van der Waals surface area contributed by atoms with E-state index in [1.165, 1.54) is 15.4 Å². The van der Waals surface area contributed by atoms with E-state index in [-0.39, 0.29) is 5.25 Å². The number of thioether (sulfide) groups is 2. The van der Waals surface area contributed by atoms with Gasteiger partial charge in [-0.3, -0.25) is 0 Å². The van der Waals surface area contributed by atoms with E-state index in [9.17, 15) is 0 Å².